The fraction of sp³-hybridized carbons (Fsp3) is 0.579. The van der Waals surface area contributed by atoms with Gasteiger partial charge in [-0.05, 0) is 24.5 Å². The minimum atomic E-state index is -3.09. The van der Waals surface area contributed by atoms with Crippen molar-refractivity contribution in [3.8, 4) is 11.5 Å². The van der Waals surface area contributed by atoms with E-state index in [1.807, 2.05) is 4.90 Å². The molecule has 1 aromatic carbocycles. The molecule has 8 N–H and O–H groups in total. The molecule has 170 valence electrons. The molecule has 2 heterocycles. The second kappa shape index (κ2) is 7.64. The Hall–Kier alpha value is -2.38. The van der Waals surface area contributed by atoms with Crippen molar-refractivity contribution in [1.82, 2.24) is 10.2 Å². The number of amides is 1. The van der Waals surface area contributed by atoms with Crippen LogP contribution >= 0.6 is 0 Å². The van der Waals surface area contributed by atoms with Gasteiger partial charge in [0.05, 0.1) is 5.75 Å². The molecule has 31 heavy (non-hydrogen) atoms. The number of carboxylic acid groups (broad SMARTS) is 1. The minimum absolute atomic E-state index is 0.0314. The third kappa shape index (κ3) is 4.09. The van der Waals surface area contributed by atoms with Crippen molar-refractivity contribution in [3.63, 3.8) is 0 Å². The van der Waals surface area contributed by atoms with Crippen molar-refractivity contribution in [2.75, 3.05) is 32.7 Å². The molecule has 1 saturated carbocycles. The second-order valence-corrected chi connectivity index (χ2v) is 8.94. The van der Waals surface area contributed by atoms with Crippen LogP contribution in [0, 0.1) is 0 Å². The molecule has 3 atom stereocenters. The maximum Gasteiger partial charge on any atom is 0.434 e. The predicted molar refractivity (Wildman–Crippen MR) is 111 cm³/mol. The first kappa shape index (κ1) is 21.8. The maximum absolute atomic E-state index is 12.1. The molecule has 2 aliphatic heterocycles. The van der Waals surface area contributed by atoms with Crippen molar-refractivity contribution in [1.29, 1.82) is 0 Å². The summed E-state index contributed by atoms with van der Waals surface area (Å²) in [4.78, 5) is 26.0. The van der Waals surface area contributed by atoms with E-state index in [0.29, 0.717) is 44.7 Å². The molecule has 3 unspecified atom stereocenters. The SMILES string of the molecule is CC(N)(CN1CC(Oc2ccc3c(c2C(=O)O)O[B-](O)(O)C2CC32)C1)C(=O)NCCN. The quantitative estimate of drug-likeness (QED) is 0.261. The molecule has 1 aliphatic carbocycles. The highest BCUT2D eigenvalue weighted by atomic mass is 16.6. The van der Waals surface area contributed by atoms with Crippen LogP contribution in [0.3, 0.4) is 0 Å². The van der Waals surface area contributed by atoms with E-state index >= 15 is 0 Å². The van der Waals surface area contributed by atoms with Crippen LogP contribution in [-0.2, 0) is 4.79 Å². The van der Waals surface area contributed by atoms with Crippen molar-refractivity contribution >= 4 is 18.6 Å². The average Bonchev–Trinajstić information content (AvgIpc) is 3.45. The third-order valence-corrected chi connectivity index (χ3v) is 6.17. The number of nitrogens with one attached hydrogen (secondary N) is 1. The summed E-state index contributed by atoms with van der Waals surface area (Å²) in [5, 5.41) is 32.6. The highest BCUT2D eigenvalue weighted by Crippen LogP contribution is 2.63. The molecule has 3 aliphatic rings. The number of nitrogens with zero attached hydrogens (tertiary/aromatic N) is 1. The van der Waals surface area contributed by atoms with Crippen LogP contribution in [0.4, 0.5) is 0 Å². The monoisotopic (exact) mass is 435 g/mol. The van der Waals surface area contributed by atoms with Crippen LogP contribution in [-0.4, -0.2) is 83.1 Å². The number of ether oxygens (including phenoxy) is 1. The molecule has 1 aromatic rings. The lowest BCUT2D eigenvalue weighted by Crippen LogP contribution is -2.64. The smallest absolute Gasteiger partial charge is 0.434 e. The standard InChI is InChI=1S/C19H28BN4O7/c1-19(22,18(27)23-5-4-21)9-24-7-10(8-24)30-14-3-2-11-12-6-13(12)20(28,29)31-16(11)15(14)17(25)26/h2-3,10,12-13,28-29H,4-9,21-22H2,1H3,(H,23,27)(H,25,26)/q-1. The van der Waals surface area contributed by atoms with Gasteiger partial charge in [0.25, 0.3) is 0 Å². The van der Waals surface area contributed by atoms with Gasteiger partial charge in [0.2, 0.25) is 5.91 Å². The van der Waals surface area contributed by atoms with E-state index < -0.39 is 24.1 Å². The topological polar surface area (TPSA) is 181 Å². The lowest BCUT2D eigenvalue weighted by Gasteiger charge is -2.43. The first-order valence-electron chi connectivity index (χ1n) is 10.4. The summed E-state index contributed by atoms with van der Waals surface area (Å²) in [5.74, 6) is -1.99. The zero-order valence-corrected chi connectivity index (χ0v) is 17.3. The Labute approximate surface area is 179 Å². The Kier molecular flexibility index (Phi) is 5.38. The van der Waals surface area contributed by atoms with Crippen LogP contribution in [0.5, 0.6) is 11.5 Å². The van der Waals surface area contributed by atoms with Crippen LogP contribution in [0.25, 0.3) is 0 Å². The van der Waals surface area contributed by atoms with Crippen LogP contribution in [0.1, 0.15) is 35.2 Å². The molecule has 0 radical (unpaired) electrons. The molecule has 0 aromatic heterocycles. The number of benzene rings is 1. The Morgan fingerprint density at radius 3 is 2.74 bits per heavy atom. The summed E-state index contributed by atoms with van der Waals surface area (Å²) >= 11 is 0. The van der Waals surface area contributed by atoms with E-state index in [0.717, 1.165) is 0 Å². The summed E-state index contributed by atoms with van der Waals surface area (Å²) in [5.41, 5.74) is 10.9. The molecule has 12 heteroatoms. The molecule has 4 rings (SSSR count). The summed E-state index contributed by atoms with van der Waals surface area (Å²) in [7, 11) is 0. The Bertz CT molecular complexity index is 903. The highest BCUT2D eigenvalue weighted by Gasteiger charge is 2.55. The van der Waals surface area contributed by atoms with Gasteiger partial charge in [0.15, 0.2) is 0 Å². The van der Waals surface area contributed by atoms with E-state index in [-0.39, 0.29) is 35.0 Å². The second-order valence-electron chi connectivity index (χ2n) is 8.94. The normalized spacial score (nSPS) is 25.8. The van der Waals surface area contributed by atoms with E-state index in [1.54, 1.807) is 19.1 Å². The number of aromatic carboxylic acids is 1. The zero-order valence-electron chi connectivity index (χ0n) is 17.3. The number of nitrogens with two attached hydrogens (primary N) is 2. The van der Waals surface area contributed by atoms with Crippen LogP contribution in [0.2, 0.25) is 5.82 Å². The Balaban J connectivity index is 1.41. The Morgan fingerprint density at radius 2 is 2.10 bits per heavy atom. The fourth-order valence-corrected chi connectivity index (χ4v) is 4.44. The van der Waals surface area contributed by atoms with Gasteiger partial charge in [0, 0.05) is 32.7 Å². The first-order chi connectivity index (χ1) is 14.5. The number of fused-ring (bicyclic) bond motifs is 3. The van der Waals surface area contributed by atoms with Crippen molar-refractivity contribution in [2.45, 2.75) is 36.7 Å². The van der Waals surface area contributed by atoms with Gasteiger partial charge >= 0.3 is 12.7 Å². The highest BCUT2D eigenvalue weighted by molar-refractivity contribution is 6.62. The molecule has 1 amide bonds. The summed E-state index contributed by atoms with van der Waals surface area (Å²) in [6, 6.07) is 3.31. The van der Waals surface area contributed by atoms with Gasteiger partial charge in [0.1, 0.15) is 23.0 Å². The number of likely N-dealkylation sites (tertiary alicyclic amines) is 1. The summed E-state index contributed by atoms with van der Waals surface area (Å²) in [6.07, 6.45) is 0.253. The molecule has 0 bridgehead atoms. The zero-order chi connectivity index (χ0) is 22.6. The van der Waals surface area contributed by atoms with Gasteiger partial charge in [-0.2, -0.15) is 0 Å². The number of hydrogen-bond acceptors (Lipinski definition) is 9. The number of carbonyl (C=O) groups excluding carboxylic acids is 1. The van der Waals surface area contributed by atoms with Gasteiger partial charge in [-0.15, -0.1) is 0 Å². The third-order valence-electron chi connectivity index (χ3n) is 6.17. The number of hydrogen-bond donors (Lipinski definition) is 6. The molecule has 11 nitrogen and oxygen atoms in total. The number of carbonyl (C=O) groups is 2. The largest absolute Gasteiger partial charge is 0.669 e. The number of carboxylic acids is 1. The van der Waals surface area contributed by atoms with Gasteiger partial charge < -0.3 is 41.3 Å². The molecular formula is C19H28BN4O7-. The Morgan fingerprint density at radius 1 is 1.39 bits per heavy atom. The average molecular weight is 435 g/mol. The molecule has 0 spiro atoms. The molecule has 1 saturated heterocycles. The lowest BCUT2D eigenvalue weighted by molar-refractivity contribution is -0.127. The minimum Gasteiger partial charge on any atom is -0.669 e. The summed E-state index contributed by atoms with van der Waals surface area (Å²) < 4.78 is 11.2. The van der Waals surface area contributed by atoms with Crippen LogP contribution < -0.4 is 26.2 Å². The summed E-state index contributed by atoms with van der Waals surface area (Å²) in [6.45, 7) is 0.465. The van der Waals surface area contributed by atoms with Gasteiger partial charge in [-0.3, -0.25) is 9.69 Å². The predicted octanol–water partition coefficient (Wildman–Crippen LogP) is -1.59. The first-order valence-corrected chi connectivity index (χ1v) is 10.4. The molecule has 2 fully saturated rings. The van der Waals surface area contributed by atoms with E-state index in [4.69, 9.17) is 20.9 Å². The van der Waals surface area contributed by atoms with Crippen LogP contribution in [0.15, 0.2) is 12.1 Å². The number of rotatable bonds is 8. The van der Waals surface area contributed by atoms with Gasteiger partial charge in [-0.25, -0.2) is 4.79 Å². The lowest BCUT2D eigenvalue weighted by atomic mass is 9.68. The van der Waals surface area contributed by atoms with Crippen molar-refractivity contribution < 1.29 is 34.1 Å². The van der Waals surface area contributed by atoms with E-state index in [2.05, 4.69) is 5.32 Å². The van der Waals surface area contributed by atoms with Crippen molar-refractivity contribution in [2.24, 2.45) is 11.5 Å². The maximum atomic E-state index is 12.1. The van der Waals surface area contributed by atoms with Crippen molar-refractivity contribution in [3.05, 3.63) is 23.3 Å². The van der Waals surface area contributed by atoms with E-state index in [1.165, 1.54) is 0 Å². The molecular weight excluding hydrogens is 407 g/mol. The fourth-order valence-electron chi connectivity index (χ4n) is 4.44. The van der Waals surface area contributed by atoms with E-state index in [9.17, 15) is 24.7 Å². The van der Waals surface area contributed by atoms with Gasteiger partial charge in [-0.1, -0.05) is 18.3 Å².